The molecule has 2 aromatic rings. The van der Waals surface area contributed by atoms with Crippen LogP contribution in [0.1, 0.15) is 63.1 Å². The molecule has 1 N–H and O–H groups in total. The van der Waals surface area contributed by atoms with E-state index < -0.39 is 0 Å². The molecule has 0 aliphatic heterocycles. The normalized spacial score (nSPS) is 12.7. The van der Waals surface area contributed by atoms with Crippen LogP contribution in [0.4, 0.5) is 0 Å². The standard InChI is InChI=1S/C19H26OS/c1-18(2,3)15-11-13(10-14-8-7-9-21-14)12-16(17(15)20)19(4,5)6/h7-9,11-12,20H,10H2,1-6H3. The number of phenolic OH excluding ortho intramolecular Hbond substituents is 1. The third-order valence-electron chi connectivity index (χ3n) is 3.74. The van der Waals surface area contributed by atoms with Crippen LogP contribution in [0, 0.1) is 0 Å². The van der Waals surface area contributed by atoms with Crippen molar-refractivity contribution in [1.29, 1.82) is 0 Å². The van der Waals surface area contributed by atoms with Crippen molar-refractivity contribution in [3.63, 3.8) is 0 Å². The summed E-state index contributed by atoms with van der Waals surface area (Å²) >= 11 is 1.79. The van der Waals surface area contributed by atoms with Crippen molar-refractivity contribution in [3.8, 4) is 5.75 Å². The molecule has 1 aromatic heterocycles. The molecule has 0 bridgehead atoms. The molecule has 0 spiro atoms. The second-order valence-electron chi connectivity index (χ2n) is 7.80. The Morgan fingerprint density at radius 1 is 0.952 bits per heavy atom. The van der Waals surface area contributed by atoms with Crippen LogP contribution in [0.25, 0.3) is 0 Å². The van der Waals surface area contributed by atoms with Gasteiger partial charge in [-0.15, -0.1) is 11.3 Å². The lowest BCUT2D eigenvalue weighted by atomic mass is 9.78. The minimum absolute atomic E-state index is 0.0600. The molecule has 0 aliphatic carbocycles. The molecule has 0 amide bonds. The first-order chi connectivity index (χ1) is 9.59. The quantitative estimate of drug-likeness (QED) is 0.761. The lowest BCUT2D eigenvalue weighted by molar-refractivity contribution is 0.423. The highest BCUT2D eigenvalue weighted by Crippen LogP contribution is 2.40. The Bertz CT molecular complexity index is 575. The van der Waals surface area contributed by atoms with Gasteiger partial charge in [0.2, 0.25) is 0 Å². The van der Waals surface area contributed by atoms with Crippen LogP contribution >= 0.6 is 11.3 Å². The Hall–Kier alpha value is -1.28. The average Bonchev–Trinajstić information content (AvgIpc) is 2.81. The van der Waals surface area contributed by atoms with Gasteiger partial charge in [0.25, 0.3) is 0 Å². The molecule has 21 heavy (non-hydrogen) atoms. The fourth-order valence-corrected chi connectivity index (χ4v) is 3.29. The maximum Gasteiger partial charge on any atom is 0.123 e. The largest absolute Gasteiger partial charge is 0.507 e. The number of benzene rings is 1. The van der Waals surface area contributed by atoms with E-state index in [-0.39, 0.29) is 10.8 Å². The minimum Gasteiger partial charge on any atom is -0.507 e. The van der Waals surface area contributed by atoms with E-state index >= 15 is 0 Å². The SMILES string of the molecule is CC(C)(C)c1cc(Cc2cccs2)cc(C(C)(C)C)c1O. The van der Waals surface area contributed by atoms with Crippen LogP contribution in [0.2, 0.25) is 0 Å². The summed E-state index contributed by atoms with van der Waals surface area (Å²) in [6, 6.07) is 8.61. The smallest absolute Gasteiger partial charge is 0.123 e. The summed E-state index contributed by atoms with van der Waals surface area (Å²) in [5.41, 5.74) is 3.25. The van der Waals surface area contributed by atoms with Gasteiger partial charge in [0.05, 0.1) is 0 Å². The highest BCUT2D eigenvalue weighted by molar-refractivity contribution is 7.09. The van der Waals surface area contributed by atoms with Crippen molar-refractivity contribution in [1.82, 2.24) is 0 Å². The van der Waals surface area contributed by atoms with Gasteiger partial charge >= 0.3 is 0 Å². The number of hydrogen-bond acceptors (Lipinski definition) is 2. The number of phenols is 1. The molecule has 0 radical (unpaired) electrons. The predicted octanol–water partition coefficient (Wildman–Crippen LogP) is 5.64. The monoisotopic (exact) mass is 302 g/mol. The van der Waals surface area contributed by atoms with Gasteiger partial charge in [-0.1, -0.05) is 59.7 Å². The van der Waals surface area contributed by atoms with Crippen molar-refractivity contribution >= 4 is 11.3 Å². The van der Waals surface area contributed by atoms with Gasteiger partial charge in [-0.25, -0.2) is 0 Å². The third-order valence-corrected chi connectivity index (χ3v) is 4.62. The summed E-state index contributed by atoms with van der Waals surface area (Å²) in [6.07, 6.45) is 0.935. The van der Waals surface area contributed by atoms with Gasteiger partial charge < -0.3 is 5.11 Å². The second-order valence-corrected chi connectivity index (χ2v) is 8.83. The van der Waals surface area contributed by atoms with Gasteiger partial charge in [-0.2, -0.15) is 0 Å². The minimum atomic E-state index is -0.0600. The van der Waals surface area contributed by atoms with E-state index in [1.165, 1.54) is 10.4 Å². The van der Waals surface area contributed by atoms with Gasteiger partial charge in [-0.3, -0.25) is 0 Å². The molecule has 0 fully saturated rings. The molecule has 0 saturated heterocycles. The maximum atomic E-state index is 10.7. The van der Waals surface area contributed by atoms with E-state index in [9.17, 15) is 5.11 Å². The molecule has 0 unspecified atom stereocenters. The Morgan fingerprint density at radius 2 is 1.48 bits per heavy atom. The van der Waals surface area contributed by atoms with Crippen molar-refractivity contribution in [3.05, 3.63) is 51.2 Å². The summed E-state index contributed by atoms with van der Waals surface area (Å²) in [4.78, 5) is 1.36. The molecular formula is C19H26OS. The zero-order chi connectivity index (χ0) is 15.8. The summed E-state index contributed by atoms with van der Waals surface area (Å²) in [6.45, 7) is 12.9. The molecule has 1 heterocycles. The summed E-state index contributed by atoms with van der Waals surface area (Å²) < 4.78 is 0. The zero-order valence-electron chi connectivity index (χ0n) is 13.9. The highest BCUT2D eigenvalue weighted by Gasteiger charge is 2.26. The first-order valence-electron chi connectivity index (χ1n) is 7.48. The number of aromatic hydroxyl groups is 1. The van der Waals surface area contributed by atoms with Crippen LogP contribution < -0.4 is 0 Å². The van der Waals surface area contributed by atoms with Crippen LogP contribution in [0.3, 0.4) is 0 Å². The topological polar surface area (TPSA) is 20.2 Å². The number of hydrogen-bond donors (Lipinski definition) is 1. The van der Waals surface area contributed by atoms with Crippen LogP contribution in [-0.4, -0.2) is 5.11 Å². The summed E-state index contributed by atoms with van der Waals surface area (Å²) in [5, 5.41) is 12.8. The lowest BCUT2D eigenvalue weighted by Crippen LogP contribution is -2.18. The Kier molecular flexibility index (Phi) is 4.21. The number of thiophene rings is 1. The van der Waals surface area contributed by atoms with Crippen molar-refractivity contribution in [2.24, 2.45) is 0 Å². The van der Waals surface area contributed by atoms with Crippen LogP contribution in [0.5, 0.6) is 5.75 Å². The fourth-order valence-electron chi connectivity index (χ4n) is 2.55. The Balaban J connectivity index is 2.56. The highest BCUT2D eigenvalue weighted by atomic mass is 32.1. The second kappa shape index (κ2) is 5.49. The Labute approximate surface area is 132 Å². The molecular weight excluding hydrogens is 276 g/mol. The lowest BCUT2D eigenvalue weighted by Gasteiger charge is -2.28. The van der Waals surface area contributed by atoms with Gasteiger partial charge in [0.15, 0.2) is 0 Å². The van der Waals surface area contributed by atoms with Crippen LogP contribution in [0.15, 0.2) is 29.6 Å². The van der Waals surface area contributed by atoms with Crippen LogP contribution in [-0.2, 0) is 17.3 Å². The van der Waals surface area contributed by atoms with Crippen molar-refractivity contribution in [2.45, 2.75) is 58.8 Å². The molecule has 0 aliphatic rings. The predicted molar refractivity (Wildman–Crippen MR) is 92.6 cm³/mol. The first kappa shape index (κ1) is 16.1. The van der Waals surface area contributed by atoms with Gasteiger partial charge in [0.1, 0.15) is 5.75 Å². The fraction of sp³-hybridized carbons (Fsp3) is 0.474. The zero-order valence-corrected chi connectivity index (χ0v) is 14.8. The molecule has 114 valence electrons. The summed E-state index contributed by atoms with van der Waals surface area (Å²) in [7, 11) is 0. The summed E-state index contributed by atoms with van der Waals surface area (Å²) in [5.74, 6) is 0.463. The average molecular weight is 302 g/mol. The third kappa shape index (κ3) is 3.68. The van der Waals surface area contributed by atoms with E-state index in [1.54, 1.807) is 11.3 Å². The molecule has 2 rings (SSSR count). The number of rotatable bonds is 2. The molecule has 0 saturated carbocycles. The van der Waals surface area contributed by atoms with Crippen molar-refractivity contribution in [2.75, 3.05) is 0 Å². The Morgan fingerprint density at radius 3 is 1.86 bits per heavy atom. The van der Waals surface area contributed by atoms with E-state index in [4.69, 9.17) is 0 Å². The van der Waals surface area contributed by atoms with Gasteiger partial charge in [0, 0.05) is 11.3 Å². The van der Waals surface area contributed by atoms with E-state index in [1.807, 2.05) is 0 Å². The van der Waals surface area contributed by atoms with E-state index in [0.717, 1.165) is 17.5 Å². The maximum absolute atomic E-state index is 10.7. The molecule has 2 heteroatoms. The van der Waals surface area contributed by atoms with Gasteiger partial charge in [-0.05, 0) is 39.0 Å². The molecule has 1 aromatic carbocycles. The first-order valence-corrected chi connectivity index (χ1v) is 8.36. The van der Waals surface area contributed by atoms with Crippen molar-refractivity contribution < 1.29 is 5.11 Å². The molecule has 1 nitrogen and oxygen atoms in total. The molecule has 0 atom stereocenters. The van der Waals surface area contributed by atoms with E-state index in [0.29, 0.717) is 5.75 Å². The van der Waals surface area contributed by atoms with E-state index in [2.05, 4.69) is 71.2 Å².